The molecule has 0 atom stereocenters. The van der Waals surface area contributed by atoms with Gasteiger partial charge in [-0.15, -0.1) is 0 Å². The molecule has 0 saturated heterocycles. The Kier molecular flexibility index (Phi) is 4.95. The number of allylic oxidation sites excluding steroid dienone is 1. The average molecular weight is 176 g/mol. The van der Waals surface area contributed by atoms with Crippen molar-refractivity contribution in [3.05, 3.63) is 11.1 Å². The van der Waals surface area contributed by atoms with Gasteiger partial charge >= 0.3 is 0 Å². The number of likely N-dealkylation sites (N-methyl/N-ethyl adjacent to an activating group) is 1. The zero-order chi connectivity index (χ0) is 8.85. The maximum Gasteiger partial charge on any atom is 0.247 e. The highest BCUT2D eigenvalue weighted by atomic mass is 35.5. The molecule has 1 amide bonds. The van der Waals surface area contributed by atoms with Crippen molar-refractivity contribution in [1.29, 1.82) is 0 Å². The van der Waals surface area contributed by atoms with Gasteiger partial charge in [-0.25, -0.2) is 0 Å². The quantitative estimate of drug-likeness (QED) is 0.601. The summed E-state index contributed by atoms with van der Waals surface area (Å²) in [5, 5.41) is 0.530. The van der Waals surface area contributed by atoms with Crippen LogP contribution in [0.3, 0.4) is 0 Å². The molecular weight excluding hydrogens is 162 g/mol. The summed E-state index contributed by atoms with van der Waals surface area (Å²) >= 11 is 5.54. The number of carbonyl (C=O) groups is 1. The summed E-state index contributed by atoms with van der Waals surface area (Å²) in [6.07, 6.45) is 1.44. The second kappa shape index (κ2) is 5.19. The van der Waals surface area contributed by atoms with Crippen molar-refractivity contribution in [2.24, 2.45) is 0 Å². The van der Waals surface area contributed by atoms with E-state index in [9.17, 15) is 4.79 Å². The van der Waals surface area contributed by atoms with Crippen molar-refractivity contribution in [3.63, 3.8) is 0 Å². The summed E-state index contributed by atoms with van der Waals surface area (Å²) in [6.45, 7) is 7.05. The second-order valence-corrected chi connectivity index (χ2v) is 2.84. The SMILES string of the molecule is CCN(CC)C(=O)C=C(C)Cl. The normalized spacial score (nSPS) is 11.5. The summed E-state index contributed by atoms with van der Waals surface area (Å²) in [4.78, 5) is 12.9. The number of rotatable bonds is 3. The van der Waals surface area contributed by atoms with Crippen molar-refractivity contribution < 1.29 is 4.79 Å². The number of nitrogens with zero attached hydrogens (tertiary/aromatic N) is 1. The third-order valence-electron chi connectivity index (χ3n) is 1.40. The number of amides is 1. The van der Waals surface area contributed by atoms with Gasteiger partial charge < -0.3 is 4.90 Å². The largest absolute Gasteiger partial charge is 0.340 e. The first-order valence-electron chi connectivity index (χ1n) is 3.74. The van der Waals surface area contributed by atoms with E-state index in [0.29, 0.717) is 5.03 Å². The van der Waals surface area contributed by atoms with E-state index in [-0.39, 0.29) is 5.91 Å². The van der Waals surface area contributed by atoms with E-state index in [1.54, 1.807) is 11.8 Å². The maximum atomic E-state index is 11.2. The molecule has 0 fully saturated rings. The average Bonchev–Trinajstić information content (AvgIpc) is 1.88. The fourth-order valence-electron chi connectivity index (χ4n) is 0.797. The first-order valence-corrected chi connectivity index (χ1v) is 4.12. The van der Waals surface area contributed by atoms with E-state index in [4.69, 9.17) is 11.6 Å². The van der Waals surface area contributed by atoms with Crippen LogP contribution in [-0.2, 0) is 4.79 Å². The van der Waals surface area contributed by atoms with E-state index in [1.807, 2.05) is 13.8 Å². The molecule has 0 aromatic rings. The number of hydrogen-bond donors (Lipinski definition) is 0. The zero-order valence-corrected chi connectivity index (χ0v) is 7.98. The smallest absolute Gasteiger partial charge is 0.247 e. The summed E-state index contributed by atoms with van der Waals surface area (Å²) in [7, 11) is 0. The van der Waals surface area contributed by atoms with E-state index in [1.165, 1.54) is 6.08 Å². The molecule has 64 valence electrons. The fourth-order valence-corrected chi connectivity index (χ4v) is 0.890. The van der Waals surface area contributed by atoms with Crippen LogP contribution in [0, 0.1) is 0 Å². The van der Waals surface area contributed by atoms with Crippen molar-refractivity contribution in [3.8, 4) is 0 Å². The van der Waals surface area contributed by atoms with Gasteiger partial charge in [0, 0.05) is 24.2 Å². The first-order chi connectivity index (χ1) is 5.11. The predicted octanol–water partition coefficient (Wildman–Crippen LogP) is 2.00. The zero-order valence-electron chi connectivity index (χ0n) is 7.22. The molecule has 0 aliphatic rings. The fraction of sp³-hybridized carbons (Fsp3) is 0.625. The third-order valence-corrected chi connectivity index (χ3v) is 1.51. The second-order valence-electron chi connectivity index (χ2n) is 2.24. The molecule has 0 radical (unpaired) electrons. The van der Waals surface area contributed by atoms with Crippen LogP contribution in [0.15, 0.2) is 11.1 Å². The molecule has 0 unspecified atom stereocenters. The van der Waals surface area contributed by atoms with Crippen LogP contribution in [0.1, 0.15) is 20.8 Å². The Morgan fingerprint density at radius 2 is 1.91 bits per heavy atom. The highest BCUT2D eigenvalue weighted by Gasteiger charge is 2.04. The van der Waals surface area contributed by atoms with Gasteiger partial charge in [0.2, 0.25) is 5.91 Å². The molecule has 0 saturated carbocycles. The van der Waals surface area contributed by atoms with Gasteiger partial charge in [0.15, 0.2) is 0 Å². The van der Waals surface area contributed by atoms with E-state index >= 15 is 0 Å². The molecule has 0 rings (SSSR count). The Morgan fingerprint density at radius 1 is 1.45 bits per heavy atom. The number of halogens is 1. The Bertz CT molecular complexity index is 157. The molecule has 0 aliphatic heterocycles. The Labute approximate surface area is 72.8 Å². The summed E-state index contributed by atoms with van der Waals surface area (Å²) in [6, 6.07) is 0. The first kappa shape index (κ1) is 10.5. The van der Waals surface area contributed by atoms with E-state index in [0.717, 1.165) is 13.1 Å². The van der Waals surface area contributed by atoms with Gasteiger partial charge in [0.1, 0.15) is 0 Å². The lowest BCUT2D eigenvalue weighted by Gasteiger charge is -2.15. The van der Waals surface area contributed by atoms with Crippen LogP contribution >= 0.6 is 11.6 Å². The number of carbonyl (C=O) groups excluding carboxylic acids is 1. The van der Waals surface area contributed by atoms with Crippen LogP contribution in [0.5, 0.6) is 0 Å². The van der Waals surface area contributed by atoms with Gasteiger partial charge in [0.05, 0.1) is 0 Å². The topological polar surface area (TPSA) is 20.3 Å². The molecule has 0 heterocycles. The minimum absolute atomic E-state index is 0.0116. The van der Waals surface area contributed by atoms with Crippen LogP contribution in [-0.4, -0.2) is 23.9 Å². The van der Waals surface area contributed by atoms with E-state index in [2.05, 4.69) is 0 Å². The lowest BCUT2D eigenvalue weighted by molar-refractivity contribution is -0.125. The van der Waals surface area contributed by atoms with Gasteiger partial charge in [0.25, 0.3) is 0 Å². The lowest BCUT2D eigenvalue weighted by Crippen LogP contribution is -2.28. The van der Waals surface area contributed by atoms with Gasteiger partial charge in [-0.1, -0.05) is 11.6 Å². The Morgan fingerprint density at radius 3 is 2.18 bits per heavy atom. The highest BCUT2D eigenvalue weighted by Crippen LogP contribution is 2.00. The Hall–Kier alpha value is -0.500. The maximum absolute atomic E-state index is 11.2. The third kappa shape index (κ3) is 4.04. The lowest BCUT2D eigenvalue weighted by atomic mass is 10.4. The monoisotopic (exact) mass is 175 g/mol. The predicted molar refractivity (Wildman–Crippen MR) is 47.5 cm³/mol. The van der Waals surface area contributed by atoms with Gasteiger partial charge in [-0.05, 0) is 20.8 Å². The van der Waals surface area contributed by atoms with E-state index < -0.39 is 0 Å². The summed E-state index contributed by atoms with van der Waals surface area (Å²) < 4.78 is 0. The van der Waals surface area contributed by atoms with Crippen LogP contribution in [0.4, 0.5) is 0 Å². The minimum Gasteiger partial charge on any atom is -0.340 e. The van der Waals surface area contributed by atoms with Crippen molar-refractivity contribution >= 4 is 17.5 Å². The van der Waals surface area contributed by atoms with Crippen molar-refractivity contribution in [1.82, 2.24) is 4.90 Å². The highest BCUT2D eigenvalue weighted by molar-refractivity contribution is 6.30. The van der Waals surface area contributed by atoms with Gasteiger partial charge in [-0.2, -0.15) is 0 Å². The van der Waals surface area contributed by atoms with Crippen LogP contribution < -0.4 is 0 Å². The molecule has 2 nitrogen and oxygen atoms in total. The molecule has 0 aromatic heterocycles. The molecule has 0 aliphatic carbocycles. The standard InChI is InChI=1S/C8H14ClNO/c1-4-10(5-2)8(11)6-7(3)9/h6H,4-5H2,1-3H3. The molecule has 11 heavy (non-hydrogen) atoms. The van der Waals surface area contributed by atoms with Gasteiger partial charge in [-0.3, -0.25) is 4.79 Å². The minimum atomic E-state index is -0.0116. The molecule has 0 spiro atoms. The van der Waals surface area contributed by atoms with Crippen LogP contribution in [0.25, 0.3) is 0 Å². The number of hydrogen-bond acceptors (Lipinski definition) is 1. The molecule has 0 aromatic carbocycles. The summed E-state index contributed by atoms with van der Waals surface area (Å²) in [5.74, 6) is -0.0116. The molecular formula is C8H14ClNO. The molecule has 0 bridgehead atoms. The van der Waals surface area contributed by atoms with Crippen molar-refractivity contribution in [2.45, 2.75) is 20.8 Å². The van der Waals surface area contributed by atoms with Crippen LogP contribution in [0.2, 0.25) is 0 Å². The van der Waals surface area contributed by atoms with Crippen molar-refractivity contribution in [2.75, 3.05) is 13.1 Å². The Balaban J connectivity index is 4.11. The molecule has 3 heteroatoms. The summed E-state index contributed by atoms with van der Waals surface area (Å²) in [5.41, 5.74) is 0. The molecule has 0 N–H and O–H groups in total.